The lowest BCUT2D eigenvalue weighted by Crippen LogP contribution is -2.13. The predicted molar refractivity (Wildman–Crippen MR) is 108 cm³/mol. The number of halogens is 1. The molecule has 0 fully saturated rings. The van der Waals surface area contributed by atoms with E-state index >= 15 is 0 Å². The van der Waals surface area contributed by atoms with Crippen LogP contribution in [0.25, 0.3) is 10.9 Å². The fourth-order valence-electron chi connectivity index (χ4n) is 3.18. The van der Waals surface area contributed by atoms with Crippen LogP contribution in [-0.2, 0) is 10.2 Å². The van der Waals surface area contributed by atoms with Crippen molar-refractivity contribution >= 4 is 34.3 Å². The van der Waals surface area contributed by atoms with Crippen molar-refractivity contribution in [1.82, 2.24) is 4.98 Å². The van der Waals surface area contributed by atoms with Crippen LogP contribution in [0.2, 0.25) is 5.02 Å². The molecule has 0 aliphatic carbocycles. The number of aromatic nitrogens is 1. The minimum atomic E-state index is -0.970. The second-order valence-corrected chi connectivity index (χ2v) is 8.26. The number of carbonyl (C=O) groups is 2. The van der Waals surface area contributed by atoms with Crippen molar-refractivity contribution in [3.63, 3.8) is 0 Å². The lowest BCUT2D eigenvalue weighted by molar-refractivity contribution is -0.138. The Hall–Kier alpha value is -2.59. The largest absolute Gasteiger partial charge is 0.481 e. The molecule has 0 aliphatic rings. The summed E-state index contributed by atoms with van der Waals surface area (Å²) in [4.78, 5) is 28.0. The van der Waals surface area contributed by atoms with Crippen molar-refractivity contribution in [3.05, 3.63) is 69.9 Å². The zero-order valence-corrected chi connectivity index (χ0v) is 16.5. The number of aliphatic carboxylic acids is 1. The molecule has 0 saturated heterocycles. The summed E-state index contributed by atoms with van der Waals surface area (Å²) in [5, 5.41) is 10.9. The van der Waals surface area contributed by atoms with Gasteiger partial charge in [0, 0.05) is 27.1 Å². The molecule has 3 rings (SSSR count). The van der Waals surface area contributed by atoms with E-state index in [4.69, 9.17) is 11.6 Å². The van der Waals surface area contributed by atoms with Gasteiger partial charge in [0.15, 0.2) is 0 Å². The van der Waals surface area contributed by atoms with Crippen LogP contribution in [0.3, 0.4) is 0 Å². The van der Waals surface area contributed by atoms with Crippen molar-refractivity contribution in [2.45, 2.75) is 39.0 Å². The van der Waals surface area contributed by atoms with E-state index in [0.717, 1.165) is 16.5 Å². The third kappa shape index (κ3) is 3.62. The molecule has 0 radical (unpaired) electrons. The Kier molecular flexibility index (Phi) is 4.87. The first-order valence-corrected chi connectivity index (χ1v) is 9.16. The predicted octanol–water partition coefficient (Wildman–Crippen LogP) is 5.54. The van der Waals surface area contributed by atoms with Gasteiger partial charge in [0.25, 0.3) is 0 Å². The van der Waals surface area contributed by atoms with Crippen LogP contribution in [0.5, 0.6) is 0 Å². The summed E-state index contributed by atoms with van der Waals surface area (Å²) in [5.41, 5.74) is 3.04. The maximum absolute atomic E-state index is 13.1. The lowest BCUT2D eigenvalue weighted by Gasteiger charge is -2.19. The van der Waals surface area contributed by atoms with E-state index < -0.39 is 11.9 Å². The topological polar surface area (TPSA) is 70.2 Å². The van der Waals surface area contributed by atoms with Crippen LogP contribution in [0.1, 0.15) is 60.8 Å². The molecular formula is C22H22ClNO3. The molecular weight excluding hydrogens is 362 g/mol. The van der Waals surface area contributed by atoms with Gasteiger partial charge in [-0.05, 0) is 54.3 Å². The second kappa shape index (κ2) is 6.86. The van der Waals surface area contributed by atoms with Gasteiger partial charge in [0.1, 0.15) is 0 Å². The van der Waals surface area contributed by atoms with Gasteiger partial charge in [-0.2, -0.15) is 0 Å². The molecule has 1 unspecified atom stereocenters. The van der Waals surface area contributed by atoms with E-state index in [-0.39, 0.29) is 11.2 Å². The number of H-pyrrole nitrogens is 1. The number of carbonyl (C=O) groups excluding carboxylic acids is 1. The lowest BCUT2D eigenvalue weighted by atomic mass is 9.85. The molecule has 5 heteroatoms. The van der Waals surface area contributed by atoms with Crippen molar-refractivity contribution in [1.29, 1.82) is 0 Å². The number of benzene rings is 2. The van der Waals surface area contributed by atoms with Crippen LogP contribution in [0, 0.1) is 0 Å². The Morgan fingerprint density at radius 3 is 2.26 bits per heavy atom. The maximum atomic E-state index is 13.1. The van der Waals surface area contributed by atoms with Gasteiger partial charge < -0.3 is 10.1 Å². The maximum Gasteiger partial charge on any atom is 0.310 e. The zero-order valence-electron chi connectivity index (χ0n) is 15.8. The van der Waals surface area contributed by atoms with Gasteiger partial charge in [0.2, 0.25) is 5.78 Å². The number of aromatic amines is 1. The summed E-state index contributed by atoms with van der Waals surface area (Å²) in [5.74, 6) is -2.04. The number of fused-ring (bicyclic) bond motifs is 1. The van der Waals surface area contributed by atoms with Gasteiger partial charge in [0.05, 0.1) is 11.6 Å². The monoisotopic (exact) mass is 383 g/mol. The normalized spacial score (nSPS) is 12.9. The minimum absolute atomic E-state index is 0.0878. The molecule has 0 saturated carbocycles. The van der Waals surface area contributed by atoms with Crippen molar-refractivity contribution in [3.8, 4) is 0 Å². The van der Waals surface area contributed by atoms with Crippen LogP contribution in [-0.4, -0.2) is 21.8 Å². The Morgan fingerprint density at radius 2 is 1.70 bits per heavy atom. The van der Waals surface area contributed by atoms with Gasteiger partial charge in [-0.25, -0.2) is 0 Å². The second-order valence-electron chi connectivity index (χ2n) is 7.82. The fraction of sp³-hybridized carbons (Fsp3) is 0.273. The Bertz CT molecular complexity index is 1030. The third-order valence-corrected chi connectivity index (χ3v) is 5.09. The van der Waals surface area contributed by atoms with Crippen LogP contribution < -0.4 is 0 Å². The number of carboxylic acid groups (broad SMARTS) is 1. The molecule has 1 heterocycles. The number of carboxylic acids is 1. The van der Waals surface area contributed by atoms with Gasteiger partial charge in [-0.15, -0.1) is 0 Å². The summed E-state index contributed by atoms with van der Waals surface area (Å²) in [6.45, 7) is 7.90. The van der Waals surface area contributed by atoms with Gasteiger partial charge >= 0.3 is 5.97 Å². The zero-order chi connectivity index (χ0) is 19.9. The summed E-state index contributed by atoms with van der Waals surface area (Å²) in [6.07, 6.45) is 0. The minimum Gasteiger partial charge on any atom is -0.481 e. The third-order valence-electron chi connectivity index (χ3n) is 4.84. The van der Waals surface area contributed by atoms with Gasteiger partial charge in [-0.1, -0.05) is 38.4 Å². The average molecular weight is 384 g/mol. The molecule has 0 bridgehead atoms. The molecule has 140 valence electrons. The van der Waals surface area contributed by atoms with Crippen LogP contribution in [0.15, 0.2) is 42.5 Å². The number of hydrogen-bond donors (Lipinski definition) is 2. The van der Waals surface area contributed by atoms with Crippen LogP contribution >= 0.6 is 11.6 Å². The first-order chi connectivity index (χ1) is 12.6. The number of nitrogens with one attached hydrogen (secondary N) is 1. The highest BCUT2D eigenvalue weighted by atomic mass is 35.5. The Labute approximate surface area is 163 Å². The Morgan fingerprint density at radius 1 is 1.07 bits per heavy atom. The van der Waals surface area contributed by atoms with Crippen molar-refractivity contribution in [2.75, 3.05) is 0 Å². The molecule has 1 aromatic heterocycles. The molecule has 1 atom stereocenters. The molecule has 3 aromatic rings. The molecule has 4 nitrogen and oxygen atoms in total. The smallest absolute Gasteiger partial charge is 0.310 e. The SMILES string of the molecule is CC(C(=O)O)c1c(C(=O)c2ccc(Cl)cc2)[nH]c2ccc(C(C)(C)C)cc12. The molecule has 0 aliphatic heterocycles. The Balaban J connectivity index is 2.25. The number of rotatable bonds is 4. The average Bonchev–Trinajstić information content (AvgIpc) is 2.98. The molecule has 2 aromatic carbocycles. The van der Waals surface area contributed by atoms with E-state index in [0.29, 0.717) is 21.8 Å². The van der Waals surface area contributed by atoms with E-state index in [1.54, 1.807) is 31.2 Å². The van der Waals surface area contributed by atoms with Crippen molar-refractivity contribution < 1.29 is 14.7 Å². The van der Waals surface area contributed by atoms with Gasteiger partial charge in [-0.3, -0.25) is 9.59 Å². The standard InChI is InChI=1S/C22H22ClNO3/c1-12(21(26)27)18-16-11-14(22(2,3)4)7-10-17(16)24-19(18)20(25)13-5-8-15(23)9-6-13/h5-12,24H,1-4H3,(H,26,27). The highest BCUT2D eigenvalue weighted by Gasteiger charge is 2.27. The van der Waals surface area contributed by atoms with E-state index in [1.807, 2.05) is 18.2 Å². The highest BCUT2D eigenvalue weighted by molar-refractivity contribution is 6.30. The van der Waals surface area contributed by atoms with E-state index in [2.05, 4.69) is 25.8 Å². The van der Waals surface area contributed by atoms with Crippen LogP contribution in [0.4, 0.5) is 0 Å². The summed E-state index contributed by atoms with van der Waals surface area (Å²) >= 11 is 5.91. The summed E-state index contributed by atoms with van der Waals surface area (Å²) in [7, 11) is 0. The first-order valence-electron chi connectivity index (χ1n) is 8.78. The summed E-state index contributed by atoms with van der Waals surface area (Å²) < 4.78 is 0. The molecule has 27 heavy (non-hydrogen) atoms. The van der Waals surface area contributed by atoms with Crippen molar-refractivity contribution in [2.24, 2.45) is 0 Å². The van der Waals surface area contributed by atoms with E-state index in [9.17, 15) is 14.7 Å². The fourth-order valence-corrected chi connectivity index (χ4v) is 3.30. The molecule has 0 amide bonds. The van der Waals surface area contributed by atoms with E-state index in [1.165, 1.54) is 0 Å². The quantitative estimate of drug-likeness (QED) is 0.581. The molecule has 2 N–H and O–H groups in total. The highest BCUT2D eigenvalue weighted by Crippen LogP contribution is 2.34. The number of hydrogen-bond acceptors (Lipinski definition) is 2. The molecule has 0 spiro atoms. The summed E-state index contributed by atoms with van der Waals surface area (Å²) in [6, 6.07) is 12.5. The first kappa shape index (κ1) is 19.2. The number of ketones is 1.